The van der Waals surface area contributed by atoms with Crippen LogP contribution in [0.15, 0.2) is 0 Å². The van der Waals surface area contributed by atoms with Crippen LogP contribution >= 0.6 is 0 Å². The molecule has 1 aromatic rings. The average Bonchev–Trinajstić information content (AvgIpc) is 2.61. The van der Waals surface area contributed by atoms with Crippen LogP contribution in [-0.4, -0.2) is 9.97 Å². The van der Waals surface area contributed by atoms with Gasteiger partial charge in [-0.3, -0.25) is 0 Å². The van der Waals surface area contributed by atoms with Crippen LogP contribution in [0.5, 0.6) is 0 Å². The maximum Gasteiger partial charge on any atom is 0.103 e. The minimum absolute atomic E-state index is 0.807. The summed E-state index contributed by atoms with van der Waals surface area (Å²) in [6, 6.07) is 0. The van der Waals surface area contributed by atoms with Gasteiger partial charge in [-0.05, 0) is 26.7 Å². The van der Waals surface area contributed by atoms with Crippen molar-refractivity contribution in [1.82, 2.24) is 9.97 Å². The first-order valence-corrected chi connectivity index (χ1v) is 3.80. The number of aryl methyl sites for hydroxylation is 2. The van der Waals surface area contributed by atoms with Gasteiger partial charge in [-0.2, -0.15) is 0 Å². The van der Waals surface area contributed by atoms with E-state index in [4.69, 9.17) is 0 Å². The molecule has 0 amide bonds. The zero-order valence-electron chi connectivity index (χ0n) is 6.44. The van der Waals surface area contributed by atoms with Crippen molar-refractivity contribution in [3.05, 3.63) is 17.2 Å². The minimum Gasteiger partial charge on any atom is -0.346 e. The Morgan fingerprint density at radius 3 is 2.50 bits per heavy atom. The highest BCUT2D eigenvalue weighted by molar-refractivity contribution is 5.21. The number of nitrogens with zero attached hydrogens (tertiary/aromatic N) is 1. The fourth-order valence-electron chi connectivity index (χ4n) is 1.39. The van der Waals surface area contributed by atoms with Crippen molar-refractivity contribution in [2.75, 3.05) is 0 Å². The van der Waals surface area contributed by atoms with Gasteiger partial charge in [0, 0.05) is 11.6 Å². The number of imidazole rings is 1. The molecule has 2 rings (SSSR count). The summed E-state index contributed by atoms with van der Waals surface area (Å²) in [7, 11) is 0. The minimum atomic E-state index is 0.807. The van der Waals surface area contributed by atoms with Crippen molar-refractivity contribution in [3.8, 4) is 0 Å². The van der Waals surface area contributed by atoms with Crippen molar-refractivity contribution < 1.29 is 0 Å². The highest BCUT2D eigenvalue weighted by Gasteiger charge is 2.26. The molecule has 0 atom stereocenters. The van der Waals surface area contributed by atoms with E-state index in [0.717, 1.165) is 11.7 Å². The molecule has 0 aliphatic heterocycles. The van der Waals surface area contributed by atoms with E-state index < -0.39 is 0 Å². The van der Waals surface area contributed by atoms with E-state index in [-0.39, 0.29) is 0 Å². The number of aromatic amines is 1. The van der Waals surface area contributed by atoms with E-state index in [2.05, 4.69) is 16.9 Å². The van der Waals surface area contributed by atoms with Gasteiger partial charge in [0.25, 0.3) is 0 Å². The molecule has 0 aromatic carbocycles. The number of hydrogen-bond acceptors (Lipinski definition) is 1. The van der Waals surface area contributed by atoms with Crippen LogP contribution in [0.2, 0.25) is 0 Å². The van der Waals surface area contributed by atoms with Crippen LogP contribution in [-0.2, 0) is 0 Å². The normalized spacial score (nSPS) is 17.8. The van der Waals surface area contributed by atoms with Gasteiger partial charge in [0.1, 0.15) is 5.82 Å². The lowest BCUT2D eigenvalue weighted by Crippen LogP contribution is -1.81. The smallest absolute Gasteiger partial charge is 0.103 e. The molecular formula is C8H12N2. The third-order valence-corrected chi connectivity index (χ3v) is 2.03. The van der Waals surface area contributed by atoms with Gasteiger partial charge >= 0.3 is 0 Å². The van der Waals surface area contributed by atoms with Crippen LogP contribution < -0.4 is 0 Å². The first-order valence-electron chi connectivity index (χ1n) is 3.80. The van der Waals surface area contributed by atoms with Crippen LogP contribution in [0, 0.1) is 13.8 Å². The molecule has 1 aromatic heterocycles. The lowest BCUT2D eigenvalue weighted by Gasteiger charge is -1.90. The molecule has 0 spiro atoms. The van der Waals surface area contributed by atoms with Crippen LogP contribution in [0.1, 0.15) is 36.0 Å². The molecule has 10 heavy (non-hydrogen) atoms. The zero-order chi connectivity index (χ0) is 7.14. The summed E-state index contributed by atoms with van der Waals surface area (Å²) in [6.07, 6.45) is 2.70. The molecule has 1 fully saturated rings. The van der Waals surface area contributed by atoms with E-state index in [9.17, 15) is 0 Å². The summed E-state index contributed by atoms with van der Waals surface area (Å²) in [4.78, 5) is 7.61. The van der Waals surface area contributed by atoms with Gasteiger partial charge in [0.05, 0.1) is 5.69 Å². The molecular weight excluding hydrogens is 124 g/mol. The predicted molar refractivity (Wildman–Crippen MR) is 40.0 cm³/mol. The first kappa shape index (κ1) is 5.96. The third kappa shape index (κ3) is 0.838. The molecule has 1 N–H and O–H groups in total. The van der Waals surface area contributed by atoms with Crippen molar-refractivity contribution in [2.45, 2.75) is 32.6 Å². The van der Waals surface area contributed by atoms with E-state index in [1.54, 1.807) is 0 Å². The molecule has 1 aliphatic carbocycles. The highest BCUT2D eigenvalue weighted by Crippen LogP contribution is 2.40. The Balaban J connectivity index is 2.38. The predicted octanol–water partition coefficient (Wildman–Crippen LogP) is 1.90. The molecule has 0 radical (unpaired) electrons. The number of aromatic nitrogens is 2. The van der Waals surface area contributed by atoms with Crippen molar-refractivity contribution in [2.24, 2.45) is 0 Å². The Morgan fingerprint density at radius 2 is 2.10 bits per heavy atom. The summed E-state index contributed by atoms with van der Waals surface area (Å²) >= 11 is 0. The molecule has 0 saturated heterocycles. The second-order valence-electron chi connectivity index (χ2n) is 3.10. The molecule has 2 heteroatoms. The van der Waals surface area contributed by atoms with E-state index in [1.165, 1.54) is 24.2 Å². The van der Waals surface area contributed by atoms with Crippen LogP contribution in [0.25, 0.3) is 0 Å². The van der Waals surface area contributed by atoms with Gasteiger partial charge in [-0.1, -0.05) is 0 Å². The maximum absolute atomic E-state index is 4.32. The second kappa shape index (κ2) is 1.84. The Bertz CT molecular complexity index is 246. The molecule has 1 heterocycles. The Morgan fingerprint density at radius 1 is 1.40 bits per heavy atom. The lowest BCUT2D eigenvalue weighted by atomic mass is 10.2. The quantitative estimate of drug-likeness (QED) is 0.627. The van der Waals surface area contributed by atoms with Gasteiger partial charge in [-0.25, -0.2) is 4.98 Å². The number of hydrogen-bond donors (Lipinski definition) is 1. The van der Waals surface area contributed by atoms with Gasteiger partial charge in [-0.15, -0.1) is 0 Å². The maximum atomic E-state index is 4.32. The van der Waals surface area contributed by atoms with Crippen LogP contribution in [0.4, 0.5) is 0 Å². The van der Waals surface area contributed by atoms with Crippen molar-refractivity contribution >= 4 is 0 Å². The summed E-state index contributed by atoms with van der Waals surface area (Å²) in [5.74, 6) is 1.86. The summed E-state index contributed by atoms with van der Waals surface area (Å²) < 4.78 is 0. The largest absolute Gasteiger partial charge is 0.346 e. The average molecular weight is 136 g/mol. The van der Waals surface area contributed by atoms with Crippen molar-refractivity contribution in [1.29, 1.82) is 0 Å². The summed E-state index contributed by atoms with van der Waals surface area (Å²) in [5, 5.41) is 0. The summed E-state index contributed by atoms with van der Waals surface area (Å²) in [6.45, 7) is 4.09. The number of nitrogens with one attached hydrogen (secondary N) is 1. The van der Waals surface area contributed by atoms with Gasteiger partial charge in [0.2, 0.25) is 0 Å². The second-order valence-corrected chi connectivity index (χ2v) is 3.10. The molecule has 0 unspecified atom stereocenters. The Labute approximate surface area is 60.7 Å². The van der Waals surface area contributed by atoms with Crippen LogP contribution in [0.3, 0.4) is 0 Å². The Kier molecular flexibility index (Phi) is 1.10. The zero-order valence-corrected chi connectivity index (χ0v) is 6.44. The van der Waals surface area contributed by atoms with Gasteiger partial charge in [0.15, 0.2) is 0 Å². The Hall–Kier alpha value is -0.790. The highest BCUT2D eigenvalue weighted by atomic mass is 14.9. The molecule has 54 valence electrons. The monoisotopic (exact) mass is 136 g/mol. The molecule has 1 saturated carbocycles. The van der Waals surface area contributed by atoms with Gasteiger partial charge < -0.3 is 4.98 Å². The topological polar surface area (TPSA) is 28.7 Å². The fraction of sp³-hybridized carbons (Fsp3) is 0.625. The molecule has 2 nitrogen and oxygen atoms in total. The summed E-state index contributed by atoms with van der Waals surface area (Å²) in [5.41, 5.74) is 2.57. The lowest BCUT2D eigenvalue weighted by molar-refractivity contribution is 1.02. The molecule has 1 aliphatic rings. The fourth-order valence-corrected chi connectivity index (χ4v) is 1.39. The third-order valence-electron chi connectivity index (χ3n) is 2.03. The van der Waals surface area contributed by atoms with E-state index in [0.29, 0.717) is 0 Å². The number of rotatable bonds is 1. The van der Waals surface area contributed by atoms with E-state index >= 15 is 0 Å². The SMILES string of the molecule is Cc1nc(C)c(C2CC2)[nH]1. The molecule has 0 bridgehead atoms. The standard InChI is InChI=1S/C8H12N2/c1-5-8(7-3-4-7)10-6(2)9-5/h7H,3-4H2,1-2H3,(H,9,10). The number of H-pyrrole nitrogens is 1. The van der Waals surface area contributed by atoms with E-state index in [1.807, 2.05) is 6.92 Å². The first-order chi connectivity index (χ1) is 4.77. The van der Waals surface area contributed by atoms with Crippen molar-refractivity contribution in [3.63, 3.8) is 0 Å².